The van der Waals surface area contributed by atoms with Crippen molar-refractivity contribution < 1.29 is 4.79 Å². The van der Waals surface area contributed by atoms with Crippen molar-refractivity contribution in [2.24, 2.45) is 0 Å². The molecule has 0 radical (unpaired) electrons. The first kappa shape index (κ1) is 17.5. The summed E-state index contributed by atoms with van der Waals surface area (Å²) in [5.41, 5.74) is 0. The Morgan fingerprint density at radius 3 is 2.73 bits per heavy atom. The number of carbonyl (C=O) groups is 1. The van der Waals surface area contributed by atoms with E-state index in [0.29, 0.717) is 11.8 Å². The summed E-state index contributed by atoms with van der Waals surface area (Å²) in [6.07, 6.45) is 6.10. The molecule has 0 saturated heterocycles. The second kappa shape index (κ2) is 8.72. The minimum absolute atomic E-state index is 0.229. The summed E-state index contributed by atoms with van der Waals surface area (Å²) < 4.78 is 0.858. The molecule has 0 aliphatic heterocycles. The van der Waals surface area contributed by atoms with Gasteiger partial charge in [0.25, 0.3) is 0 Å². The molecule has 7 heteroatoms. The third-order valence-corrected chi connectivity index (χ3v) is 5.87. The van der Waals surface area contributed by atoms with Crippen molar-refractivity contribution in [1.29, 1.82) is 0 Å². The molecule has 1 amide bonds. The van der Waals surface area contributed by atoms with Gasteiger partial charge in [0.2, 0.25) is 11.0 Å². The third-order valence-electron chi connectivity index (χ3n) is 3.87. The van der Waals surface area contributed by atoms with E-state index in [9.17, 15) is 4.79 Å². The van der Waals surface area contributed by atoms with Crippen molar-refractivity contribution in [3.8, 4) is 0 Å². The summed E-state index contributed by atoms with van der Waals surface area (Å²) in [4.78, 5) is 14.7. The molecule has 1 saturated carbocycles. The van der Waals surface area contributed by atoms with Crippen molar-refractivity contribution in [1.82, 2.24) is 15.1 Å². The summed E-state index contributed by atoms with van der Waals surface area (Å²) in [5, 5.41) is 12.2. The molecule has 0 aromatic carbocycles. The average molecular weight is 343 g/mol. The van der Waals surface area contributed by atoms with Crippen LogP contribution in [0, 0.1) is 0 Å². The molecular weight excluding hydrogens is 316 g/mol. The van der Waals surface area contributed by atoms with Crippen LogP contribution >= 0.6 is 23.1 Å². The highest BCUT2D eigenvalue weighted by Gasteiger charge is 2.27. The average Bonchev–Trinajstić information content (AvgIpc) is 2.94. The molecule has 22 heavy (non-hydrogen) atoms. The molecule has 1 N–H and O–H groups in total. The van der Waals surface area contributed by atoms with E-state index in [4.69, 9.17) is 0 Å². The van der Waals surface area contributed by atoms with Gasteiger partial charge in [0.05, 0.1) is 5.75 Å². The molecule has 0 unspecified atom stereocenters. The van der Waals surface area contributed by atoms with Gasteiger partial charge < -0.3 is 10.2 Å². The molecule has 0 bridgehead atoms. The molecule has 124 valence electrons. The maximum Gasteiger partial charge on any atom is 0.233 e. The number of hydrogen-bond donors (Lipinski definition) is 1. The SMILES string of the molecule is CCNc1nnc(SCC(=O)N(C(C)C)C2CCCCC2)s1. The lowest BCUT2D eigenvalue weighted by Crippen LogP contribution is -2.46. The number of nitrogens with one attached hydrogen (secondary N) is 1. The van der Waals surface area contributed by atoms with Gasteiger partial charge in [-0.05, 0) is 33.6 Å². The number of rotatable bonds is 7. The number of anilines is 1. The van der Waals surface area contributed by atoms with Crippen LogP contribution in [-0.2, 0) is 4.79 Å². The van der Waals surface area contributed by atoms with Gasteiger partial charge in [0, 0.05) is 18.6 Å². The Hall–Kier alpha value is -0.820. The van der Waals surface area contributed by atoms with E-state index in [2.05, 4.69) is 34.3 Å². The van der Waals surface area contributed by atoms with Crippen LogP contribution in [0.1, 0.15) is 52.9 Å². The number of hydrogen-bond acceptors (Lipinski definition) is 6. The summed E-state index contributed by atoms with van der Waals surface area (Å²) in [6.45, 7) is 7.10. The first-order chi connectivity index (χ1) is 10.6. The van der Waals surface area contributed by atoms with E-state index in [1.807, 2.05) is 6.92 Å². The van der Waals surface area contributed by atoms with Crippen LogP contribution in [0.25, 0.3) is 0 Å². The lowest BCUT2D eigenvalue weighted by Gasteiger charge is -2.37. The van der Waals surface area contributed by atoms with Crippen LogP contribution in [0.15, 0.2) is 4.34 Å². The summed E-state index contributed by atoms with van der Waals surface area (Å²) >= 11 is 3.01. The molecule has 1 aromatic heterocycles. The van der Waals surface area contributed by atoms with Gasteiger partial charge in [-0.25, -0.2) is 0 Å². The van der Waals surface area contributed by atoms with Gasteiger partial charge >= 0.3 is 0 Å². The Bertz CT molecular complexity index is 472. The zero-order chi connectivity index (χ0) is 15.9. The molecule has 5 nitrogen and oxygen atoms in total. The zero-order valence-electron chi connectivity index (χ0n) is 13.7. The fourth-order valence-electron chi connectivity index (χ4n) is 2.96. The maximum atomic E-state index is 12.6. The number of amides is 1. The summed E-state index contributed by atoms with van der Waals surface area (Å²) in [6, 6.07) is 0.691. The Morgan fingerprint density at radius 2 is 2.09 bits per heavy atom. The zero-order valence-corrected chi connectivity index (χ0v) is 15.3. The molecule has 1 fully saturated rings. The monoisotopic (exact) mass is 342 g/mol. The second-order valence-corrected chi connectivity index (χ2v) is 8.08. The standard InChI is InChI=1S/C15H26N4OS2/c1-4-16-14-17-18-15(22-14)21-10-13(20)19(11(2)3)12-8-6-5-7-9-12/h11-12H,4-10H2,1-3H3,(H,16,17). The maximum absolute atomic E-state index is 12.6. The van der Waals surface area contributed by atoms with Crippen LogP contribution in [-0.4, -0.2) is 45.4 Å². The Kier molecular flexibility index (Phi) is 6.95. The lowest BCUT2D eigenvalue weighted by atomic mass is 9.93. The number of carbonyl (C=O) groups excluding carboxylic acids is 1. The van der Waals surface area contributed by atoms with E-state index in [1.165, 1.54) is 42.4 Å². The first-order valence-corrected chi connectivity index (χ1v) is 9.93. The predicted molar refractivity (Wildman–Crippen MR) is 93.7 cm³/mol. The first-order valence-electron chi connectivity index (χ1n) is 8.13. The van der Waals surface area contributed by atoms with Gasteiger partial charge in [-0.2, -0.15) is 0 Å². The fourth-order valence-corrected chi connectivity index (χ4v) is 4.65. The lowest BCUT2D eigenvalue weighted by molar-refractivity contribution is -0.133. The predicted octanol–water partition coefficient (Wildman–Crippen LogP) is 3.63. The number of aromatic nitrogens is 2. The summed E-state index contributed by atoms with van der Waals surface area (Å²) in [5.74, 6) is 0.683. The molecule has 1 aliphatic carbocycles. The van der Waals surface area contributed by atoms with Gasteiger partial charge in [0.15, 0.2) is 4.34 Å². The van der Waals surface area contributed by atoms with Gasteiger partial charge in [-0.1, -0.05) is 42.4 Å². The van der Waals surface area contributed by atoms with Crippen molar-refractivity contribution in [3.63, 3.8) is 0 Å². The fraction of sp³-hybridized carbons (Fsp3) is 0.800. The number of thioether (sulfide) groups is 1. The summed E-state index contributed by atoms with van der Waals surface area (Å²) in [7, 11) is 0. The van der Waals surface area contributed by atoms with E-state index < -0.39 is 0 Å². The van der Waals surface area contributed by atoms with Crippen molar-refractivity contribution in [3.05, 3.63) is 0 Å². The topological polar surface area (TPSA) is 58.1 Å². The smallest absolute Gasteiger partial charge is 0.233 e. The Morgan fingerprint density at radius 1 is 1.36 bits per heavy atom. The van der Waals surface area contributed by atoms with E-state index in [1.54, 1.807) is 0 Å². The Labute approximate surface area is 141 Å². The molecule has 0 atom stereocenters. The third kappa shape index (κ3) is 4.84. The molecule has 2 rings (SSSR count). The number of nitrogens with zero attached hydrogens (tertiary/aromatic N) is 3. The van der Waals surface area contributed by atoms with Crippen LogP contribution in [0.4, 0.5) is 5.13 Å². The van der Waals surface area contributed by atoms with E-state index in [-0.39, 0.29) is 11.9 Å². The Balaban J connectivity index is 1.89. The van der Waals surface area contributed by atoms with Crippen LogP contribution in [0.3, 0.4) is 0 Å². The van der Waals surface area contributed by atoms with Crippen LogP contribution in [0.5, 0.6) is 0 Å². The van der Waals surface area contributed by atoms with Gasteiger partial charge in [-0.15, -0.1) is 10.2 Å². The highest BCUT2D eigenvalue weighted by Crippen LogP contribution is 2.28. The highest BCUT2D eigenvalue weighted by atomic mass is 32.2. The second-order valence-electron chi connectivity index (χ2n) is 5.88. The molecule has 1 aliphatic rings. The van der Waals surface area contributed by atoms with Crippen LogP contribution in [0.2, 0.25) is 0 Å². The van der Waals surface area contributed by atoms with Gasteiger partial charge in [0.1, 0.15) is 0 Å². The van der Waals surface area contributed by atoms with E-state index in [0.717, 1.165) is 28.9 Å². The van der Waals surface area contributed by atoms with Crippen molar-refractivity contribution in [2.45, 2.75) is 69.3 Å². The largest absolute Gasteiger partial charge is 0.360 e. The molecule has 1 heterocycles. The molecule has 1 aromatic rings. The minimum Gasteiger partial charge on any atom is -0.360 e. The minimum atomic E-state index is 0.229. The highest BCUT2D eigenvalue weighted by molar-refractivity contribution is 8.01. The van der Waals surface area contributed by atoms with Crippen LogP contribution < -0.4 is 5.32 Å². The molecule has 0 spiro atoms. The van der Waals surface area contributed by atoms with Crippen molar-refractivity contribution >= 4 is 34.1 Å². The van der Waals surface area contributed by atoms with E-state index >= 15 is 0 Å². The quantitative estimate of drug-likeness (QED) is 0.767. The van der Waals surface area contributed by atoms with Crippen molar-refractivity contribution in [2.75, 3.05) is 17.6 Å². The van der Waals surface area contributed by atoms with Gasteiger partial charge in [-0.3, -0.25) is 4.79 Å². The molecular formula is C15H26N4OS2. The normalized spacial score (nSPS) is 16.0.